The summed E-state index contributed by atoms with van der Waals surface area (Å²) in [5.41, 5.74) is 11.1. The zero-order valence-corrected chi connectivity index (χ0v) is 16.2. The molecule has 25 heavy (non-hydrogen) atoms. The number of anilines is 2. The van der Waals surface area contributed by atoms with Gasteiger partial charge in [-0.25, -0.2) is 18.8 Å². The number of aryl methyl sites for hydroxylation is 1. The molecular weight excluding hydrogens is 358 g/mol. The van der Waals surface area contributed by atoms with Crippen LogP contribution in [-0.4, -0.2) is 38.8 Å². The van der Waals surface area contributed by atoms with Crippen molar-refractivity contribution >= 4 is 43.1 Å². The molecule has 2 aromatic rings. The summed E-state index contributed by atoms with van der Waals surface area (Å²) >= 11 is 1.59. The molecule has 138 valence electrons. The van der Waals surface area contributed by atoms with Gasteiger partial charge in [0.15, 0.2) is 0 Å². The molecule has 9 heteroatoms. The molecule has 7 nitrogen and oxygen atoms in total. The van der Waals surface area contributed by atoms with Gasteiger partial charge >= 0.3 is 0 Å². The second-order valence-electron chi connectivity index (χ2n) is 6.54. The van der Waals surface area contributed by atoms with Crippen LogP contribution in [-0.2, 0) is 16.4 Å². The molecule has 0 aliphatic carbocycles. The molecule has 1 fully saturated rings. The number of pyridine rings is 1. The maximum atomic E-state index is 11.2. The van der Waals surface area contributed by atoms with E-state index in [-0.39, 0.29) is 6.04 Å². The van der Waals surface area contributed by atoms with E-state index in [9.17, 15) is 8.42 Å². The topological polar surface area (TPSA) is 100 Å². The Labute approximate surface area is 152 Å². The van der Waals surface area contributed by atoms with Crippen LogP contribution in [0, 0.1) is 0 Å². The van der Waals surface area contributed by atoms with Crippen molar-refractivity contribution in [1.29, 1.82) is 0 Å². The van der Waals surface area contributed by atoms with Crippen molar-refractivity contribution in [3.8, 4) is 0 Å². The van der Waals surface area contributed by atoms with Crippen LogP contribution in [0.3, 0.4) is 0 Å². The first-order chi connectivity index (χ1) is 11.9. The minimum absolute atomic E-state index is 0.141. The summed E-state index contributed by atoms with van der Waals surface area (Å²) < 4.78 is 22.4. The Hall–Kier alpha value is -1.42. The van der Waals surface area contributed by atoms with Crippen molar-refractivity contribution in [3.63, 3.8) is 0 Å². The smallest absolute Gasteiger partial charge is 0.221 e. The number of hydrogen-bond acceptors (Lipinski definition) is 7. The summed E-state index contributed by atoms with van der Waals surface area (Å²) in [5.74, 6) is 0.993. The number of nitrogens with one attached hydrogen (secondary N) is 2. The Bertz CT molecular complexity index is 842. The van der Waals surface area contributed by atoms with Crippen molar-refractivity contribution in [3.05, 3.63) is 17.0 Å². The highest BCUT2D eigenvalue weighted by Gasteiger charge is 2.22. The summed E-state index contributed by atoms with van der Waals surface area (Å²) in [5, 5.41) is 3.07. The van der Waals surface area contributed by atoms with Crippen LogP contribution in [0.15, 0.2) is 11.4 Å². The molecule has 1 aliphatic rings. The Kier molecular flexibility index (Phi) is 5.47. The van der Waals surface area contributed by atoms with Gasteiger partial charge in [0.25, 0.3) is 0 Å². The van der Waals surface area contributed by atoms with Gasteiger partial charge in [-0.3, -0.25) is 0 Å². The number of thiophene rings is 1. The number of hydrazine groups is 1. The normalized spacial score (nSPS) is 16.6. The molecule has 1 aliphatic heterocycles. The van der Waals surface area contributed by atoms with Crippen molar-refractivity contribution in [1.82, 2.24) is 15.2 Å². The number of fused-ring (bicyclic) bond motifs is 1. The first-order valence-electron chi connectivity index (χ1n) is 8.51. The molecule has 1 saturated heterocycles. The summed E-state index contributed by atoms with van der Waals surface area (Å²) in [6.45, 7) is 3.85. The van der Waals surface area contributed by atoms with Gasteiger partial charge in [-0.05, 0) is 30.9 Å². The largest absolute Gasteiger partial charge is 0.397 e. The van der Waals surface area contributed by atoms with Crippen LogP contribution in [0.4, 0.5) is 11.5 Å². The number of rotatable bonds is 6. The quantitative estimate of drug-likeness (QED) is 0.658. The second kappa shape index (κ2) is 7.45. The van der Waals surface area contributed by atoms with Gasteiger partial charge in [0.1, 0.15) is 10.6 Å². The molecule has 0 spiro atoms. The SMILES string of the molecule is CCCc1cc(N2CCC(NNS(C)(=O)=O)CC2)nc2scc(N)c12. The minimum atomic E-state index is -3.22. The fraction of sp³-hybridized carbons (Fsp3) is 0.562. The monoisotopic (exact) mass is 383 g/mol. The lowest BCUT2D eigenvalue weighted by Crippen LogP contribution is -2.49. The third-order valence-electron chi connectivity index (χ3n) is 4.43. The van der Waals surface area contributed by atoms with Gasteiger partial charge in [0.2, 0.25) is 10.0 Å². The van der Waals surface area contributed by atoms with Crippen LogP contribution >= 0.6 is 11.3 Å². The van der Waals surface area contributed by atoms with Gasteiger partial charge < -0.3 is 10.6 Å². The number of nitrogens with zero attached hydrogens (tertiary/aromatic N) is 2. The average molecular weight is 384 g/mol. The van der Waals surface area contributed by atoms with E-state index in [2.05, 4.69) is 28.1 Å². The molecule has 0 atom stereocenters. The van der Waals surface area contributed by atoms with Crippen LogP contribution in [0.5, 0.6) is 0 Å². The number of piperidine rings is 1. The molecule has 0 saturated carbocycles. The van der Waals surface area contributed by atoms with Gasteiger partial charge in [0.05, 0.1) is 11.9 Å². The van der Waals surface area contributed by atoms with E-state index in [0.717, 1.165) is 66.8 Å². The van der Waals surface area contributed by atoms with Gasteiger partial charge in [-0.15, -0.1) is 11.3 Å². The molecule has 0 aromatic carbocycles. The zero-order chi connectivity index (χ0) is 18.0. The molecule has 3 rings (SSSR count). The van der Waals surface area contributed by atoms with Crippen molar-refractivity contribution < 1.29 is 8.42 Å². The first-order valence-corrected chi connectivity index (χ1v) is 11.3. The molecule has 4 N–H and O–H groups in total. The highest BCUT2D eigenvalue weighted by molar-refractivity contribution is 7.88. The summed E-state index contributed by atoms with van der Waals surface area (Å²) in [6, 6.07) is 2.31. The molecule has 2 aromatic heterocycles. The Balaban J connectivity index is 1.73. The molecule has 3 heterocycles. The van der Waals surface area contributed by atoms with Gasteiger partial charge in [-0.1, -0.05) is 13.3 Å². The molecule has 0 unspecified atom stereocenters. The van der Waals surface area contributed by atoms with Crippen molar-refractivity contribution in [2.75, 3.05) is 30.0 Å². The van der Waals surface area contributed by atoms with E-state index in [1.54, 1.807) is 11.3 Å². The number of nitrogens with two attached hydrogens (primary N) is 1. The minimum Gasteiger partial charge on any atom is -0.397 e. The lowest BCUT2D eigenvalue weighted by molar-refractivity contribution is 0.399. The summed E-state index contributed by atoms with van der Waals surface area (Å²) in [6.07, 6.45) is 4.92. The van der Waals surface area contributed by atoms with Gasteiger partial charge in [0, 0.05) is 29.9 Å². The van der Waals surface area contributed by atoms with E-state index in [0.29, 0.717) is 0 Å². The maximum Gasteiger partial charge on any atom is 0.221 e. The number of sulfonamides is 1. The molecule has 0 amide bonds. The lowest BCUT2D eigenvalue weighted by atomic mass is 10.0. The third-order valence-corrected chi connectivity index (χ3v) is 5.81. The average Bonchev–Trinajstić information content (AvgIpc) is 2.94. The van der Waals surface area contributed by atoms with E-state index in [1.165, 1.54) is 5.56 Å². The Morgan fingerprint density at radius 2 is 2.12 bits per heavy atom. The predicted octanol–water partition coefficient (Wildman–Crippen LogP) is 1.85. The van der Waals surface area contributed by atoms with E-state index in [4.69, 9.17) is 10.7 Å². The Morgan fingerprint density at radius 1 is 1.40 bits per heavy atom. The summed E-state index contributed by atoms with van der Waals surface area (Å²) in [4.78, 5) is 10.4. The van der Waals surface area contributed by atoms with Gasteiger partial charge in [-0.2, -0.15) is 4.83 Å². The van der Waals surface area contributed by atoms with Crippen LogP contribution in [0.1, 0.15) is 31.7 Å². The molecular formula is C16H25N5O2S2. The molecule has 0 bridgehead atoms. The second-order valence-corrected chi connectivity index (χ2v) is 9.15. The van der Waals surface area contributed by atoms with Crippen LogP contribution < -0.4 is 20.9 Å². The first kappa shape index (κ1) is 18.4. The highest BCUT2D eigenvalue weighted by atomic mass is 32.2. The van der Waals surface area contributed by atoms with Crippen molar-refractivity contribution in [2.24, 2.45) is 0 Å². The van der Waals surface area contributed by atoms with E-state index < -0.39 is 10.0 Å². The third kappa shape index (κ3) is 4.41. The van der Waals surface area contributed by atoms with Crippen LogP contribution in [0.25, 0.3) is 10.2 Å². The highest BCUT2D eigenvalue weighted by Crippen LogP contribution is 2.33. The fourth-order valence-corrected chi connectivity index (χ4v) is 4.45. The number of nitrogen functional groups attached to an aromatic ring is 1. The molecule has 0 radical (unpaired) electrons. The van der Waals surface area contributed by atoms with Crippen molar-refractivity contribution in [2.45, 2.75) is 38.6 Å². The fourth-order valence-electron chi connectivity index (χ4n) is 3.20. The van der Waals surface area contributed by atoms with Crippen LogP contribution in [0.2, 0.25) is 0 Å². The standard InChI is InChI=1S/C16H25N5O2S2/c1-3-4-11-9-14(18-16-15(11)13(17)10-24-16)21-7-5-12(6-8-21)19-20-25(2,22)23/h9-10,12,19-20H,3-8,17H2,1-2H3. The predicted molar refractivity (Wildman–Crippen MR) is 104 cm³/mol. The zero-order valence-electron chi connectivity index (χ0n) is 14.6. The lowest BCUT2D eigenvalue weighted by Gasteiger charge is -2.33. The number of hydrogen-bond donors (Lipinski definition) is 3. The maximum absolute atomic E-state index is 11.2. The van der Waals surface area contributed by atoms with E-state index in [1.807, 2.05) is 5.38 Å². The summed E-state index contributed by atoms with van der Waals surface area (Å²) in [7, 11) is -3.22. The van der Waals surface area contributed by atoms with E-state index >= 15 is 0 Å². The number of aromatic nitrogens is 1. The Morgan fingerprint density at radius 3 is 2.76 bits per heavy atom.